The molecule has 1 aliphatic heterocycles. The van der Waals surface area contributed by atoms with Crippen molar-refractivity contribution in [3.05, 3.63) is 51.7 Å². The van der Waals surface area contributed by atoms with Crippen molar-refractivity contribution in [1.82, 2.24) is 20.0 Å². The maximum absolute atomic E-state index is 12.6. The van der Waals surface area contributed by atoms with Gasteiger partial charge in [-0.2, -0.15) is 0 Å². The van der Waals surface area contributed by atoms with E-state index in [-0.39, 0.29) is 67.6 Å². The molecule has 0 aliphatic carbocycles. The van der Waals surface area contributed by atoms with Crippen LogP contribution in [0.4, 0.5) is 5.82 Å². The van der Waals surface area contributed by atoms with Gasteiger partial charge in [0, 0.05) is 50.3 Å². The summed E-state index contributed by atoms with van der Waals surface area (Å²) in [6.45, 7) is 0.306. The first kappa shape index (κ1) is 32.9. The fourth-order valence-corrected chi connectivity index (χ4v) is 4.14. The first-order chi connectivity index (χ1) is 20.3. The van der Waals surface area contributed by atoms with Crippen molar-refractivity contribution < 1.29 is 52.3 Å². The zero-order valence-corrected chi connectivity index (χ0v) is 24.4. The summed E-state index contributed by atoms with van der Waals surface area (Å²) in [5.74, 6) is -1.96. The number of ketones is 1. The second kappa shape index (κ2) is 14.5. The second-order valence-electron chi connectivity index (χ2n) is 9.14. The topological polar surface area (TPSA) is 219 Å². The van der Waals surface area contributed by atoms with Crippen molar-refractivity contribution in [2.45, 2.75) is 25.8 Å². The number of carbonyl (C=O) groups excluding carboxylic acids is 4. The number of Topliss-reactive ketones (excluding diaryl/α,β-unsaturated/α-hetero) is 1. The predicted octanol–water partition coefficient (Wildman–Crippen LogP) is 1.42. The van der Waals surface area contributed by atoms with E-state index in [9.17, 15) is 38.8 Å². The van der Waals surface area contributed by atoms with E-state index in [1.165, 1.54) is 26.4 Å². The average Bonchev–Trinajstić information content (AvgIpc) is 3.51. The van der Waals surface area contributed by atoms with E-state index in [4.69, 9.17) is 18.7 Å². The molecule has 1 aromatic carbocycles. The van der Waals surface area contributed by atoms with E-state index >= 15 is 0 Å². The Hall–Kier alpha value is -4.60. The van der Waals surface area contributed by atoms with Crippen molar-refractivity contribution in [1.29, 1.82) is 0 Å². The minimum absolute atomic E-state index is 0.0103. The number of ether oxygens (including phenoxy) is 3. The molecule has 0 saturated heterocycles. The number of aromatic nitrogens is 2. The van der Waals surface area contributed by atoms with Crippen LogP contribution in [-0.4, -0.2) is 88.8 Å². The molecule has 2 N–H and O–H groups in total. The number of nitrogens with zero attached hydrogens (tertiary/aromatic N) is 4. The minimum Gasteiger partial charge on any atom is -0.493 e. The summed E-state index contributed by atoms with van der Waals surface area (Å²) in [4.78, 5) is 69.1. The number of imide groups is 1. The molecule has 1 aliphatic rings. The largest absolute Gasteiger partial charge is 0.493 e. The van der Waals surface area contributed by atoms with E-state index in [0.29, 0.717) is 5.56 Å². The fraction of sp³-hybridized carbons (Fsp3) is 0.400. The van der Waals surface area contributed by atoms with Crippen LogP contribution in [0.25, 0.3) is 0 Å². The van der Waals surface area contributed by atoms with E-state index in [0.717, 1.165) is 34.5 Å². The maximum atomic E-state index is 12.6. The lowest BCUT2D eigenvalue weighted by Crippen LogP contribution is -2.32. The van der Waals surface area contributed by atoms with Gasteiger partial charge in [0.2, 0.25) is 5.75 Å². The van der Waals surface area contributed by atoms with Gasteiger partial charge in [-0.25, -0.2) is 0 Å². The quantitative estimate of drug-likeness (QED) is 0.0637. The number of amides is 3. The van der Waals surface area contributed by atoms with Gasteiger partial charge in [0.25, 0.3) is 17.7 Å². The number of carbonyl (C=O) groups is 4. The van der Waals surface area contributed by atoms with Gasteiger partial charge in [-0.3, -0.25) is 33.2 Å². The highest BCUT2D eigenvalue weighted by Crippen LogP contribution is 2.41. The Kier molecular flexibility index (Phi) is 11.1. The highest BCUT2D eigenvalue weighted by molar-refractivity contribution is 7.51. The zero-order chi connectivity index (χ0) is 31.7. The summed E-state index contributed by atoms with van der Waals surface area (Å²) in [5.41, 5.74) is 0.204. The molecule has 0 spiro atoms. The smallest absolute Gasteiger partial charge is 0.346 e. The lowest BCUT2D eigenvalue weighted by molar-refractivity contribution is -0.392. The number of hydrogen-bond acceptors (Lipinski definition) is 12. The van der Waals surface area contributed by atoms with Gasteiger partial charge in [-0.1, -0.05) is 5.10 Å². The summed E-state index contributed by atoms with van der Waals surface area (Å²) in [7, 11) is -1.13. The summed E-state index contributed by atoms with van der Waals surface area (Å²) in [5, 5.41) is 18.3. The summed E-state index contributed by atoms with van der Waals surface area (Å²) >= 11 is 0. The normalized spacial score (nSPS) is 14.0. The fourth-order valence-electron chi connectivity index (χ4n) is 3.90. The van der Waals surface area contributed by atoms with Crippen molar-refractivity contribution >= 4 is 36.9 Å². The van der Waals surface area contributed by atoms with Crippen molar-refractivity contribution in [3.8, 4) is 17.2 Å². The highest BCUT2D eigenvalue weighted by Gasteiger charge is 2.25. The van der Waals surface area contributed by atoms with E-state index < -0.39 is 42.9 Å². The number of hydrogen-bond donors (Lipinski definition) is 2. The molecular formula is C25H30N5O12P. The second-order valence-corrected chi connectivity index (χ2v) is 11.0. The molecule has 1 aromatic heterocycles. The third kappa shape index (κ3) is 9.19. The number of nitro groups is 1. The van der Waals surface area contributed by atoms with Gasteiger partial charge in [0.1, 0.15) is 12.3 Å². The van der Waals surface area contributed by atoms with Crippen molar-refractivity contribution in [2.24, 2.45) is 0 Å². The molecule has 17 nitrogen and oxygen atoms in total. The van der Waals surface area contributed by atoms with Crippen molar-refractivity contribution in [2.75, 3.05) is 40.8 Å². The third-order valence-corrected chi connectivity index (χ3v) is 6.54. The van der Waals surface area contributed by atoms with Gasteiger partial charge in [-0.05, 0) is 23.5 Å². The number of benzene rings is 1. The zero-order valence-electron chi connectivity index (χ0n) is 23.5. The molecule has 2 aromatic rings. The van der Waals surface area contributed by atoms with E-state index in [2.05, 4.69) is 10.4 Å². The van der Waals surface area contributed by atoms with Crippen molar-refractivity contribution in [3.63, 3.8) is 0 Å². The number of nitrogens with one attached hydrogen (secondary N) is 1. The summed E-state index contributed by atoms with van der Waals surface area (Å²) in [6.07, 6.45) is 2.62. The van der Waals surface area contributed by atoms with Gasteiger partial charge in [-0.15, -0.1) is 4.68 Å². The van der Waals surface area contributed by atoms with Gasteiger partial charge in [0.05, 0.1) is 20.3 Å². The van der Waals surface area contributed by atoms with Gasteiger partial charge in [0.15, 0.2) is 24.0 Å². The first-order valence-corrected chi connectivity index (χ1v) is 14.7. The summed E-state index contributed by atoms with van der Waals surface area (Å²) in [6, 6.07) is 3.98. The van der Waals surface area contributed by atoms with E-state index in [1.54, 1.807) is 0 Å². The van der Waals surface area contributed by atoms with Crippen LogP contribution in [0, 0.1) is 10.1 Å². The molecule has 18 heteroatoms. The highest BCUT2D eigenvalue weighted by atomic mass is 31.2. The Morgan fingerprint density at radius 1 is 1.09 bits per heavy atom. The van der Waals surface area contributed by atoms with Gasteiger partial charge >= 0.3 is 13.4 Å². The lowest BCUT2D eigenvalue weighted by atomic mass is 10.1. The molecule has 1 unspecified atom stereocenters. The van der Waals surface area contributed by atoms with Crippen LogP contribution in [0.15, 0.2) is 30.4 Å². The first-order valence-electron chi connectivity index (χ1n) is 12.7. The summed E-state index contributed by atoms with van der Waals surface area (Å²) < 4.78 is 33.1. The number of rotatable bonds is 17. The molecule has 232 valence electrons. The monoisotopic (exact) mass is 623 g/mol. The van der Waals surface area contributed by atoms with Crippen LogP contribution in [-0.2, 0) is 30.0 Å². The molecule has 0 fully saturated rings. The minimum atomic E-state index is -3.80. The standard InChI is InChI=1S/C25H30N5O12P/c1-39-19-11-16(12-20(40-2)24(19)41-15-42-43(3,37)38)14-29-21(30(35)36)13-18(27-29)25(34)26-9-4-5-17(31)8-10-28-22(32)6-7-23(28)33/h6-7,11-13H,4-5,8-10,14-15H2,1-3H3,(H,26,34)(H,37,38). The third-order valence-electron chi connectivity index (χ3n) is 5.96. The molecule has 0 bridgehead atoms. The van der Waals surface area contributed by atoms with Gasteiger partial charge < -0.3 is 34.5 Å². The average molecular weight is 624 g/mol. The van der Waals surface area contributed by atoms with Crippen LogP contribution in [0.1, 0.15) is 35.3 Å². The molecule has 2 heterocycles. The van der Waals surface area contributed by atoms with Crippen LogP contribution in [0.5, 0.6) is 17.2 Å². The Morgan fingerprint density at radius 3 is 2.28 bits per heavy atom. The Morgan fingerprint density at radius 2 is 1.72 bits per heavy atom. The van der Waals surface area contributed by atoms with E-state index in [1.807, 2.05) is 0 Å². The Labute approximate surface area is 245 Å². The van der Waals surface area contributed by atoms with Crippen LogP contribution in [0.2, 0.25) is 0 Å². The SMILES string of the molecule is COc1cc(Cn2nc(C(=O)NCCCC(=O)CCN3C(=O)C=CC3=O)cc2[N+](=O)[O-])cc(OC)c1OCOP(C)(=O)O. The molecule has 0 saturated carbocycles. The lowest BCUT2D eigenvalue weighted by Gasteiger charge is -2.16. The molecule has 3 amide bonds. The molecule has 0 radical (unpaired) electrons. The molecule has 43 heavy (non-hydrogen) atoms. The molecular weight excluding hydrogens is 593 g/mol. The maximum Gasteiger partial charge on any atom is 0.346 e. The number of methoxy groups -OCH3 is 2. The predicted molar refractivity (Wildman–Crippen MR) is 147 cm³/mol. The Balaban J connectivity index is 1.61. The molecule has 1 atom stereocenters. The van der Waals surface area contributed by atoms with Crippen LogP contribution >= 0.6 is 7.60 Å². The molecule has 3 rings (SSSR count). The van der Waals surface area contributed by atoms with Crippen LogP contribution < -0.4 is 19.5 Å². The Bertz CT molecular complexity index is 1440. The van der Waals surface area contributed by atoms with Crippen LogP contribution in [0.3, 0.4) is 0 Å².